The number of aliphatic hydroxyl groups is 1. The molecule has 0 fully saturated rings. The number of carbonyl (C=O) groups excluding carboxylic acids is 1. The Hall–Kier alpha value is -2.83. The van der Waals surface area contributed by atoms with E-state index in [2.05, 4.69) is 0 Å². The van der Waals surface area contributed by atoms with Gasteiger partial charge in [0, 0.05) is 21.7 Å². The molecule has 0 bridgehead atoms. The highest BCUT2D eigenvalue weighted by atomic mass is 35.5. The number of ether oxygens (including phenoxy) is 1. The Kier molecular flexibility index (Phi) is 7.29. The van der Waals surface area contributed by atoms with E-state index in [0.717, 1.165) is 0 Å². The first kappa shape index (κ1) is 23.4. The van der Waals surface area contributed by atoms with Crippen molar-refractivity contribution < 1.29 is 24.5 Å². The summed E-state index contributed by atoms with van der Waals surface area (Å²) < 4.78 is 6.77. The summed E-state index contributed by atoms with van der Waals surface area (Å²) in [5, 5.41) is 19.0. The van der Waals surface area contributed by atoms with Crippen molar-refractivity contribution in [3.63, 3.8) is 0 Å². The molecule has 7 heteroatoms. The van der Waals surface area contributed by atoms with Crippen LogP contribution >= 0.6 is 11.6 Å². The molecule has 0 aliphatic heterocycles. The summed E-state index contributed by atoms with van der Waals surface area (Å²) in [6.45, 7) is 6.98. The second-order valence-electron chi connectivity index (χ2n) is 7.84. The first-order valence-corrected chi connectivity index (χ1v) is 9.72. The number of nitrogens with zero attached hydrogens (tertiary/aromatic N) is 1. The molecule has 0 saturated carbocycles. The minimum Gasteiger partial charge on any atom is -0.497 e. The molecular weight excluding hydrogens is 406 g/mol. The average Bonchev–Trinajstić information content (AvgIpc) is 2.91. The van der Waals surface area contributed by atoms with Gasteiger partial charge in [-0.2, -0.15) is 0 Å². The largest absolute Gasteiger partial charge is 0.497 e. The monoisotopic (exact) mass is 431 g/mol. The van der Waals surface area contributed by atoms with Crippen molar-refractivity contribution in [1.29, 1.82) is 0 Å². The Labute approximate surface area is 180 Å². The molecule has 0 radical (unpaired) electrons. The van der Waals surface area contributed by atoms with Crippen LogP contribution in [0.1, 0.15) is 42.4 Å². The Bertz CT molecular complexity index is 1060. The summed E-state index contributed by atoms with van der Waals surface area (Å²) >= 11 is 5.89. The van der Waals surface area contributed by atoms with Crippen LogP contribution in [0.3, 0.4) is 0 Å². The Morgan fingerprint density at radius 3 is 2.17 bits per heavy atom. The van der Waals surface area contributed by atoms with Gasteiger partial charge >= 0.3 is 5.97 Å². The van der Waals surface area contributed by atoms with E-state index in [1.165, 1.54) is 4.57 Å². The van der Waals surface area contributed by atoms with E-state index in [1.54, 1.807) is 77.3 Å². The van der Waals surface area contributed by atoms with E-state index in [-0.39, 0.29) is 12.3 Å². The molecule has 160 valence electrons. The lowest BCUT2D eigenvalue weighted by atomic mass is 10.1. The smallest absolute Gasteiger partial charge is 0.307 e. The van der Waals surface area contributed by atoms with Crippen LogP contribution in [-0.2, 0) is 11.2 Å². The van der Waals surface area contributed by atoms with Gasteiger partial charge in [-0.3, -0.25) is 14.2 Å². The van der Waals surface area contributed by atoms with Gasteiger partial charge in [0.15, 0.2) is 0 Å². The zero-order valence-corrected chi connectivity index (χ0v) is 18.4. The number of methoxy groups -OCH3 is 1. The molecule has 0 aliphatic rings. The van der Waals surface area contributed by atoms with E-state index >= 15 is 0 Å². The maximum Gasteiger partial charge on any atom is 0.307 e. The third-order valence-electron chi connectivity index (χ3n) is 4.16. The number of carboxylic acid groups (broad SMARTS) is 1. The highest BCUT2D eigenvalue weighted by Gasteiger charge is 2.21. The van der Waals surface area contributed by atoms with Crippen molar-refractivity contribution in [3.05, 3.63) is 64.3 Å². The number of halogens is 1. The highest BCUT2D eigenvalue weighted by molar-refractivity contribution is 6.30. The van der Waals surface area contributed by atoms with Crippen LogP contribution in [0.15, 0.2) is 42.5 Å². The molecule has 0 spiro atoms. The number of aliphatic carboxylic acids is 1. The van der Waals surface area contributed by atoms with E-state index in [1.807, 2.05) is 0 Å². The van der Waals surface area contributed by atoms with Gasteiger partial charge < -0.3 is 14.9 Å². The lowest BCUT2D eigenvalue weighted by molar-refractivity contribution is -0.136. The second-order valence-corrected chi connectivity index (χ2v) is 8.27. The van der Waals surface area contributed by atoms with Gasteiger partial charge in [0.25, 0.3) is 5.91 Å². The number of carbonyl (C=O) groups is 2. The SMILES string of the molecule is CC(C)(C)O.COc1ccc2c(c1)c(CC(=O)O)c(C)n2C(=O)c1ccc(Cl)cc1. The Morgan fingerprint density at radius 1 is 1.10 bits per heavy atom. The summed E-state index contributed by atoms with van der Waals surface area (Å²) in [5.74, 6) is -0.583. The predicted molar refractivity (Wildman–Crippen MR) is 118 cm³/mol. The molecule has 1 aromatic heterocycles. The third-order valence-corrected chi connectivity index (χ3v) is 4.42. The molecule has 0 unspecified atom stereocenters. The van der Waals surface area contributed by atoms with Crippen LogP contribution < -0.4 is 4.74 Å². The van der Waals surface area contributed by atoms with Crippen LogP contribution in [0.2, 0.25) is 5.02 Å². The zero-order valence-electron chi connectivity index (χ0n) is 17.7. The molecule has 3 aromatic rings. The highest BCUT2D eigenvalue weighted by Crippen LogP contribution is 2.30. The molecular formula is C23H26ClNO5. The van der Waals surface area contributed by atoms with Gasteiger partial charge in [0.2, 0.25) is 0 Å². The van der Waals surface area contributed by atoms with Gasteiger partial charge in [-0.25, -0.2) is 0 Å². The molecule has 0 atom stereocenters. The molecule has 1 heterocycles. The topological polar surface area (TPSA) is 88.8 Å². The van der Waals surface area contributed by atoms with Crippen molar-refractivity contribution in [2.45, 2.75) is 39.7 Å². The zero-order chi connectivity index (χ0) is 22.6. The van der Waals surface area contributed by atoms with Crippen molar-refractivity contribution in [2.24, 2.45) is 0 Å². The van der Waals surface area contributed by atoms with E-state index < -0.39 is 11.6 Å². The van der Waals surface area contributed by atoms with Gasteiger partial charge in [-0.1, -0.05) is 11.6 Å². The molecule has 6 nitrogen and oxygen atoms in total. The lowest BCUT2D eigenvalue weighted by Crippen LogP contribution is -2.14. The fourth-order valence-electron chi connectivity index (χ4n) is 2.95. The molecule has 30 heavy (non-hydrogen) atoms. The summed E-state index contributed by atoms with van der Waals surface area (Å²) in [6.07, 6.45) is -0.170. The molecule has 3 rings (SSSR count). The van der Waals surface area contributed by atoms with Crippen molar-refractivity contribution in [1.82, 2.24) is 4.57 Å². The Balaban J connectivity index is 0.000000575. The molecule has 2 N–H and O–H groups in total. The minimum absolute atomic E-state index is 0.170. The molecule has 0 saturated heterocycles. The average molecular weight is 432 g/mol. The number of hydrogen-bond donors (Lipinski definition) is 2. The van der Waals surface area contributed by atoms with Gasteiger partial charge in [0.05, 0.1) is 24.6 Å². The first-order chi connectivity index (χ1) is 13.9. The summed E-state index contributed by atoms with van der Waals surface area (Å²) in [5.41, 5.74) is 1.82. The Morgan fingerprint density at radius 2 is 1.67 bits per heavy atom. The fourth-order valence-corrected chi connectivity index (χ4v) is 3.07. The summed E-state index contributed by atoms with van der Waals surface area (Å²) in [4.78, 5) is 24.3. The second kappa shape index (κ2) is 9.32. The quantitative estimate of drug-likeness (QED) is 0.624. The summed E-state index contributed by atoms with van der Waals surface area (Å²) in [6, 6.07) is 11.9. The minimum atomic E-state index is -0.955. The van der Waals surface area contributed by atoms with Crippen molar-refractivity contribution in [2.75, 3.05) is 7.11 Å². The van der Waals surface area contributed by atoms with E-state index in [0.29, 0.717) is 38.5 Å². The number of hydrogen-bond acceptors (Lipinski definition) is 4. The lowest BCUT2D eigenvalue weighted by Gasteiger charge is -2.08. The van der Waals surface area contributed by atoms with E-state index in [4.69, 9.17) is 21.4 Å². The van der Waals surface area contributed by atoms with Gasteiger partial charge in [-0.15, -0.1) is 0 Å². The molecule has 0 aliphatic carbocycles. The molecule has 2 aromatic carbocycles. The van der Waals surface area contributed by atoms with Gasteiger partial charge in [0.1, 0.15) is 5.75 Å². The number of carboxylic acids is 1. The predicted octanol–water partition coefficient (Wildman–Crippen LogP) is 4.70. The maximum atomic E-state index is 13.0. The summed E-state index contributed by atoms with van der Waals surface area (Å²) in [7, 11) is 1.54. The van der Waals surface area contributed by atoms with Gasteiger partial charge in [-0.05, 0) is 75.7 Å². The van der Waals surface area contributed by atoms with Crippen LogP contribution in [0.4, 0.5) is 0 Å². The van der Waals surface area contributed by atoms with Crippen LogP contribution in [-0.4, -0.2) is 39.4 Å². The standard InChI is InChI=1S/C19H16ClNO4.C4H10O/c1-11-15(10-18(22)23)16-9-14(25-2)7-8-17(16)21(11)19(24)12-3-5-13(20)6-4-12;1-4(2,3)5/h3-9H,10H2,1-2H3,(H,22,23);5H,1-3H3. The number of benzene rings is 2. The normalized spacial score (nSPS) is 11.0. The number of aromatic nitrogens is 1. The fraction of sp³-hybridized carbons (Fsp3) is 0.304. The van der Waals surface area contributed by atoms with Crippen LogP contribution in [0.25, 0.3) is 10.9 Å². The van der Waals surface area contributed by atoms with Crippen molar-refractivity contribution in [3.8, 4) is 5.75 Å². The van der Waals surface area contributed by atoms with Crippen molar-refractivity contribution >= 4 is 34.4 Å². The number of fused-ring (bicyclic) bond motifs is 1. The molecule has 0 amide bonds. The first-order valence-electron chi connectivity index (χ1n) is 9.34. The third kappa shape index (κ3) is 5.84. The number of rotatable bonds is 4. The van der Waals surface area contributed by atoms with Crippen LogP contribution in [0.5, 0.6) is 5.75 Å². The van der Waals surface area contributed by atoms with E-state index in [9.17, 15) is 14.7 Å². The maximum absolute atomic E-state index is 13.0. The van der Waals surface area contributed by atoms with Crippen LogP contribution in [0, 0.1) is 6.92 Å².